The van der Waals surface area contributed by atoms with Crippen LogP contribution in [-0.4, -0.2) is 23.2 Å². The van der Waals surface area contributed by atoms with Crippen molar-refractivity contribution in [1.82, 2.24) is 9.97 Å². The van der Waals surface area contributed by atoms with Crippen molar-refractivity contribution in [3.05, 3.63) is 163 Å². The molecule has 0 aliphatic heterocycles. The summed E-state index contributed by atoms with van der Waals surface area (Å²) >= 11 is -0.340. The number of aryl methyl sites for hydroxylation is 1. The van der Waals surface area contributed by atoms with Crippen molar-refractivity contribution in [1.29, 1.82) is 0 Å². The van der Waals surface area contributed by atoms with Gasteiger partial charge in [0, 0.05) is 37.9 Å². The number of benzene rings is 5. The van der Waals surface area contributed by atoms with Crippen molar-refractivity contribution in [2.75, 3.05) is 0 Å². The van der Waals surface area contributed by atoms with Crippen LogP contribution >= 0.6 is 11.3 Å². The second-order valence-electron chi connectivity index (χ2n) is 14.3. The molecule has 0 fully saturated rings. The van der Waals surface area contributed by atoms with Gasteiger partial charge in [0.2, 0.25) is 0 Å². The fourth-order valence-corrected chi connectivity index (χ4v) is 9.84. The molecule has 0 saturated carbocycles. The van der Waals surface area contributed by atoms with Gasteiger partial charge in [-0.05, 0) is 57.4 Å². The molecule has 0 unspecified atom stereocenters. The first kappa shape index (κ1) is 33.1. The van der Waals surface area contributed by atoms with E-state index in [0.717, 1.165) is 37.2 Å². The fourth-order valence-electron chi connectivity index (χ4n) is 6.30. The summed E-state index contributed by atoms with van der Waals surface area (Å²) in [6.07, 6.45) is 2.09. The Morgan fingerprint density at radius 1 is 0.796 bits per heavy atom. The number of hydrogen-bond acceptors (Lipinski definition) is 3. The molecular weight excluding hydrogens is 920 g/mol. The molecule has 0 N–H and O–H groups in total. The molecule has 2 nitrogen and oxygen atoms in total. The number of nitrogens with zero attached hydrogens (tertiary/aromatic N) is 2. The van der Waals surface area contributed by atoms with Crippen molar-refractivity contribution < 1.29 is 31.3 Å². The van der Waals surface area contributed by atoms with Gasteiger partial charge in [-0.25, -0.2) is 4.39 Å². The Labute approximate surface area is 346 Å². The maximum atomic E-state index is 13.6. The molecule has 273 valence electrons. The molecule has 8 aromatic rings. The summed E-state index contributed by atoms with van der Waals surface area (Å²) < 4.78 is 58.1. The summed E-state index contributed by atoms with van der Waals surface area (Å²) in [4.78, 5) is 9.18. The molecule has 0 saturated heterocycles. The zero-order chi connectivity index (χ0) is 41.4. The predicted octanol–water partition coefficient (Wildman–Crippen LogP) is 13.0. The monoisotopic (exact) mass is 970 g/mol. The Kier molecular flexibility index (Phi) is 10.4. The molecule has 0 aliphatic rings. The number of thiophene rings is 1. The number of rotatable bonds is 7. The normalized spacial score (nSPS) is 13.2. The summed E-state index contributed by atoms with van der Waals surface area (Å²) in [6.45, 7) is 1.31. The van der Waals surface area contributed by atoms with Crippen LogP contribution in [-0.2, 0) is 26.5 Å². The smallest absolute Gasteiger partial charge is 0 e. The van der Waals surface area contributed by atoms with Gasteiger partial charge in [-0.2, -0.15) is 11.3 Å². The Balaban J connectivity index is 0.000000218. The van der Waals surface area contributed by atoms with Crippen molar-refractivity contribution in [3.8, 4) is 44.8 Å². The molecule has 0 spiro atoms. The minimum absolute atomic E-state index is 0. The van der Waals surface area contributed by atoms with Crippen molar-refractivity contribution in [2.24, 2.45) is 5.92 Å². The number of fused-ring (bicyclic) bond motifs is 3. The minimum Gasteiger partial charge on any atom is 0 e. The third-order valence-corrected chi connectivity index (χ3v) is 14.5. The molecule has 5 aromatic carbocycles. The van der Waals surface area contributed by atoms with Crippen LogP contribution in [0.15, 0.2) is 134 Å². The average molecular weight is 969 g/mol. The van der Waals surface area contributed by atoms with Gasteiger partial charge in [-0.15, -0.1) is 23.3 Å². The van der Waals surface area contributed by atoms with Crippen LogP contribution in [0.5, 0.6) is 0 Å². The van der Waals surface area contributed by atoms with E-state index in [2.05, 4.69) is 94.1 Å². The van der Waals surface area contributed by atoms with Crippen LogP contribution < -0.4 is 4.40 Å². The number of hydrogen-bond donors (Lipinski definition) is 0. The van der Waals surface area contributed by atoms with Crippen LogP contribution in [0.3, 0.4) is 0 Å². The second-order valence-corrected chi connectivity index (χ2v) is 26.0. The number of pyridine rings is 2. The van der Waals surface area contributed by atoms with Crippen LogP contribution in [0.25, 0.3) is 64.9 Å². The third kappa shape index (κ3) is 8.82. The summed E-state index contributed by atoms with van der Waals surface area (Å²) in [7, 11) is 0. The van der Waals surface area contributed by atoms with E-state index < -0.39 is 26.5 Å². The Morgan fingerprint density at radius 2 is 1.59 bits per heavy atom. The van der Waals surface area contributed by atoms with Gasteiger partial charge in [0.05, 0.1) is 0 Å². The fraction of sp³-hybridized carbons (Fsp3) is 0.167. The van der Waals surface area contributed by atoms with Crippen LogP contribution in [0.2, 0.25) is 17.3 Å². The number of halogens is 1. The van der Waals surface area contributed by atoms with Gasteiger partial charge in [-0.1, -0.05) is 68.0 Å². The Hall–Kier alpha value is -4.26. The maximum Gasteiger partial charge on any atom is 0 e. The van der Waals surface area contributed by atoms with E-state index in [1.807, 2.05) is 44.2 Å². The van der Waals surface area contributed by atoms with Gasteiger partial charge in [-0.3, -0.25) is 0 Å². The average Bonchev–Trinajstić information content (AvgIpc) is 3.61. The maximum absolute atomic E-state index is 13.6. The zero-order valence-electron chi connectivity index (χ0n) is 35.8. The van der Waals surface area contributed by atoms with E-state index in [0.29, 0.717) is 22.2 Å². The van der Waals surface area contributed by atoms with Crippen LogP contribution in [0, 0.1) is 30.7 Å². The predicted molar refractivity (Wildman–Crippen MR) is 227 cm³/mol. The third-order valence-electron chi connectivity index (χ3n) is 9.01. The minimum atomic E-state index is -2.35. The first-order valence-corrected chi connectivity index (χ1v) is 25.9. The second kappa shape index (κ2) is 17.0. The molecule has 3 heterocycles. The van der Waals surface area contributed by atoms with E-state index in [9.17, 15) is 4.39 Å². The van der Waals surface area contributed by atoms with Crippen molar-refractivity contribution in [3.63, 3.8) is 0 Å². The summed E-state index contributed by atoms with van der Waals surface area (Å²) in [5.41, 5.74) is 8.07. The summed E-state index contributed by atoms with van der Waals surface area (Å²) in [5.74, 6) is 6.60. The zero-order valence-corrected chi connectivity index (χ0v) is 36.1. The van der Waals surface area contributed by atoms with Gasteiger partial charge < -0.3 is 4.98 Å². The van der Waals surface area contributed by atoms with Gasteiger partial charge in [0.1, 0.15) is 5.82 Å². The molecule has 8 rings (SSSR count). The summed E-state index contributed by atoms with van der Waals surface area (Å²) in [6, 6.07) is 44.4. The number of aromatic nitrogens is 2. The first-order valence-electron chi connectivity index (χ1n) is 20.2. The molecule has 0 atom stereocenters. The Morgan fingerprint density at radius 3 is 2.30 bits per heavy atom. The molecule has 54 heavy (non-hydrogen) atoms. The molecule has 0 amide bonds. The standard InChI is InChI=1S/C28H23FNS.C20H20GeN.Ir/c1-17(2)15-19-13-14-30-25(16-19)23-12-7-18(3)26-24-6-4-5-22(27(24)31-28(23)26)20-8-10-21(29)11-9-20;1-21(2,3)19-12-13-20(22-15-19)18-11-7-10-17(14-18)16-8-5-4-6-9-16;/h4-11,13-14,16-17H,15H2,1-3H3;4-10,12-15H,1-3H3;/q2*-1;/i3D3,15D2;;. The van der Waals surface area contributed by atoms with Crippen LogP contribution in [0.1, 0.15) is 31.8 Å². The molecule has 6 heteroatoms. The van der Waals surface area contributed by atoms with E-state index in [1.54, 1.807) is 30.5 Å². The summed E-state index contributed by atoms with van der Waals surface area (Å²) in [5, 5.41) is 1.42. The largest absolute Gasteiger partial charge is 0 e. The van der Waals surface area contributed by atoms with Gasteiger partial charge >= 0.3 is 135 Å². The topological polar surface area (TPSA) is 25.8 Å². The van der Waals surface area contributed by atoms with Crippen molar-refractivity contribution >= 4 is 49.2 Å². The quantitative estimate of drug-likeness (QED) is 0.117. The van der Waals surface area contributed by atoms with E-state index in [-0.39, 0.29) is 37.4 Å². The van der Waals surface area contributed by atoms with Crippen LogP contribution in [0.4, 0.5) is 4.39 Å². The van der Waals surface area contributed by atoms with Gasteiger partial charge in [0.25, 0.3) is 0 Å². The van der Waals surface area contributed by atoms with Gasteiger partial charge in [0.15, 0.2) is 0 Å². The SMILES string of the molecule is [2H]C([2H])([2H])c1c[c-]c(-c2cc(C([2H])([2H])C(C)C)ccn2)c2sc3c(-c4ccc(F)cc4)cccc3c12.[CH3][Ge]([CH3])([CH3])[c]1ccc(-c2[c-]ccc(-c3ccccc3)c2)nc1.[Ir]. The van der Waals surface area contributed by atoms with E-state index in [1.165, 1.54) is 45.1 Å². The van der Waals surface area contributed by atoms with E-state index in [4.69, 9.17) is 6.85 Å². The van der Waals surface area contributed by atoms with E-state index >= 15 is 0 Å². The Bertz CT molecular complexity index is 2710. The first-order chi connectivity index (χ1) is 27.5. The molecular formula is C48H43FGeIrN2S-2. The molecule has 0 aliphatic carbocycles. The molecule has 0 bridgehead atoms. The molecule has 3 aromatic heterocycles. The van der Waals surface area contributed by atoms with Crippen molar-refractivity contribution in [2.45, 2.75) is 44.3 Å². The molecule has 1 radical (unpaired) electrons.